The zero-order chi connectivity index (χ0) is 19.3. The van der Waals surface area contributed by atoms with Gasteiger partial charge >= 0.3 is 11.7 Å². The van der Waals surface area contributed by atoms with Gasteiger partial charge in [-0.25, -0.2) is 4.79 Å². The second kappa shape index (κ2) is 7.85. The van der Waals surface area contributed by atoms with Gasteiger partial charge in [0.05, 0.1) is 22.1 Å². The minimum Gasteiger partial charge on any atom is -0.449 e. The molecule has 2 aromatic carbocycles. The summed E-state index contributed by atoms with van der Waals surface area (Å²) in [4.78, 5) is 33.9. The van der Waals surface area contributed by atoms with Crippen LogP contribution in [0.15, 0.2) is 42.5 Å². The van der Waals surface area contributed by atoms with E-state index < -0.39 is 34.4 Å². The third-order valence-electron chi connectivity index (χ3n) is 3.29. The van der Waals surface area contributed by atoms with E-state index in [0.29, 0.717) is 0 Å². The van der Waals surface area contributed by atoms with E-state index in [4.69, 9.17) is 10.00 Å². The minimum atomic E-state index is -1.22. The van der Waals surface area contributed by atoms with E-state index in [2.05, 4.69) is 5.32 Å². The lowest BCUT2D eigenvalue weighted by molar-refractivity contribution is -0.387. The van der Waals surface area contributed by atoms with Crippen LogP contribution in [0.5, 0.6) is 0 Å². The van der Waals surface area contributed by atoms with Gasteiger partial charge in [0.25, 0.3) is 5.91 Å². The van der Waals surface area contributed by atoms with Gasteiger partial charge in [0.2, 0.25) is 5.82 Å². The largest absolute Gasteiger partial charge is 0.449 e. The van der Waals surface area contributed by atoms with Gasteiger partial charge in [-0.1, -0.05) is 6.07 Å². The molecule has 0 aliphatic carbocycles. The molecule has 26 heavy (non-hydrogen) atoms. The van der Waals surface area contributed by atoms with E-state index in [0.717, 1.165) is 18.2 Å². The highest BCUT2D eigenvalue weighted by Crippen LogP contribution is 2.22. The molecule has 0 aromatic heterocycles. The molecule has 9 heteroatoms. The molecule has 0 saturated carbocycles. The number of hydrogen-bond donors (Lipinski definition) is 1. The van der Waals surface area contributed by atoms with E-state index >= 15 is 0 Å². The molecular formula is C17H12FN3O5. The molecule has 8 nitrogen and oxygen atoms in total. The first kappa shape index (κ1) is 18.5. The van der Waals surface area contributed by atoms with Gasteiger partial charge in [-0.3, -0.25) is 14.9 Å². The van der Waals surface area contributed by atoms with Gasteiger partial charge in [0.15, 0.2) is 6.10 Å². The molecule has 1 unspecified atom stereocenters. The molecule has 0 spiro atoms. The molecule has 0 aliphatic rings. The van der Waals surface area contributed by atoms with Crippen molar-refractivity contribution in [2.75, 3.05) is 5.32 Å². The maximum Gasteiger partial charge on any atom is 0.338 e. The molecule has 0 aliphatic heterocycles. The van der Waals surface area contributed by atoms with Gasteiger partial charge in [0.1, 0.15) is 0 Å². The van der Waals surface area contributed by atoms with Crippen LogP contribution in [0.1, 0.15) is 22.8 Å². The molecule has 0 radical (unpaired) electrons. The highest BCUT2D eigenvalue weighted by molar-refractivity contribution is 5.97. The lowest BCUT2D eigenvalue weighted by atomic mass is 10.1. The summed E-state index contributed by atoms with van der Waals surface area (Å²) >= 11 is 0. The summed E-state index contributed by atoms with van der Waals surface area (Å²) in [5.41, 5.74) is -0.450. The van der Waals surface area contributed by atoms with Gasteiger partial charge in [-0.15, -0.1) is 0 Å². The van der Waals surface area contributed by atoms with Crippen molar-refractivity contribution in [3.8, 4) is 6.07 Å². The SMILES string of the molecule is CC(OC(=O)c1cccc(C#N)c1)C(=O)Nc1ccc(F)c([N+](=O)[O-])c1. The Morgan fingerprint density at radius 3 is 2.69 bits per heavy atom. The first-order valence-electron chi connectivity index (χ1n) is 7.27. The third kappa shape index (κ3) is 4.39. The van der Waals surface area contributed by atoms with Crippen molar-refractivity contribution >= 4 is 23.3 Å². The van der Waals surface area contributed by atoms with Crippen LogP contribution in [0.3, 0.4) is 0 Å². The zero-order valence-electron chi connectivity index (χ0n) is 13.4. The summed E-state index contributed by atoms with van der Waals surface area (Å²) in [6.07, 6.45) is -1.22. The summed E-state index contributed by atoms with van der Waals surface area (Å²) in [5, 5.41) is 21.8. The van der Waals surface area contributed by atoms with Gasteiger partial charge < -0.3 is 10.1 Å². The second-order valence-electron chi connectivity index (χ2n) is 5.15. The predicted octanol–water partition coefficient (Wildman–Crippen LogP) is 2.79. The third-order valence-corrected chi connectivity index (χ3v) is 3.29. The lowest BCUT2D eigenvalue weighted by Crippen LogP contribution is -2.30. The molecule has 0 bridgehead atoms. The molecule has 0 fully saturated rings. The van der Waals surface area contributed by atoms with Crippen LogP contribution in [0.4, 0.5) is 15.8 Å². The Hall–Kier alpha value is -3.80. The molecule has 0 heterocycles. The number of esters is 1. The summed E-state index contributed by atoms with van der Waals surface area (Å²) < 4.78 is 18.3. The fourth-order valence-electron chi connectivity index (χ4n) is 1.97. The molecule has 1 amide bonds. The van der Waals surface area contributed by atoms with Crippen LogP contribution < -0.4 is 5.32 Å². The van der Waals surface area contributed by atoms with E-state index in [1.165, 1.54) is 31.2 Å². The number of carbonyl (C=O) groups excluding carboxylic acids is 2. The topological polar surface area (TPSA) is 122 Å². The zero-order valence-corrected chi connectivity index (χ0v) is 13.4. The number of benzene rings is 2. The number of anilines is 1. The average molecular weight is 357 g/mol. The molecule has 2 rings (SSSR count). The number of nitrogens with zero attached hydrogens (tertiary/aromatic N) is 2. The first-order chi connectivity index (χ1) is 12.3. The van der Waals surface area contributed by atoms with Crippen LogP contribution in [0, 0.1) is 27.3 Å². The Kier molecular flexibility index (Phi) is 5.60. The summed E-state index contributed by atoms with van der Waals surface area (Å²) in [6.45, 7) is 1.30. The number of carbonyl (C=O) groups is 2. The van der Waals surface area contributed by atoms with Crippen molar-refractivity contribution in [1.29, 1.82) is 5.26 Å². The maximum atomic E-state index is 13.3. The van der Waals surface area contributed by atoms with E-state index in [9.17, 15) is 24.1 Å². The smallest absolute Gasteiger partial charge is 0.338 e. The Morgan fingerprint density at radius 1 is 1.31 bits per heavy atom. The number of rotatable bonds is 5. The number of nitrogens with one attached hydrogen (secondary N) is 1. The van der Waals surface area contributed by atoms with Crippen LogP contribution in [0.25, 0.3) is 0 Å². The lowest BCUT2D eigenvalue weighted by Gasteiger charge is -2.13. The number of hydrogen-bond acceptors (Lipinski definition) is 6. The van der Waals surface area contributed by atoms with Gasteiger partial charge in [-0.2, -0.15) is 9.65 Å². The average Bonchev–Trinajstić information content (AvgIpc) is 2.62. The number of nitro benzene ring substituents is 1. The number of ether oxygens (including phenoxy) is 1. The van der Waals surface area contributed by atoms with Gasteiger partial charge in [-0.05, 0) is 37.3 Å². The molecule has 1 atom stereocenters. The number of amides is 1. The van der Waals surface area contributed by atoms with Crippen molar-refractivity contribution in [2.24, 2.45) is 0 Å². The van der Waals surface area contributed by atoms with Crippen molar-refractivity contribution in [1.82, 2.24) is 0 Å². The number of nitro groups is 1. The van der Waals surface area contributed by atoms with Crippen LogP contribution in [-0.2, 0) is 9.53 Å². The number of nitriles is 1. The summed E-state index contributed by atoms with van der Waals surface area (Å²) in [5.74, 6) is -2.60. The molecular weight excluding hydrogens is 345 g/mol. The van der Waals surface area contributed by atoms with Crippen molar-refractivity contribution in [3.05, 3.63) is 69.5 Å². The molecule has 1 N–H and O–H groups in total. The maximum absolute atomic E-state index is 13.3. The first-order valence-corrected chi connectivity index (χ1v) is 7.27. The van der Waals surface area contributed by atoms with Gasteiger partial charge in [0, 0.05) is 11.8 Å². The van der Waals surface area contributed by atoms with E-state index in [1.54, 1.807) is 0 Å². The Labute approximate surface area is 147 Å². The second-order valence-corrected chi connectivity index (χ2v) is 5.15. The van der Waals surface area contributed by atoms with Crippen LogP contribution in [0.2, 0.25) is 0 Å². The van der Waals surface area contributed by atoms with Crippen molar-refractivity contribution in [2.45, 2.75) is 13.0 Å². The normalized spacial score (nSPS) is 11.1. The number of halogens is 1. The van der Waals surface area contributed by atoms with E-state index in [-0.39, 0.29) is 16.8 Å². The quantitative estimate of drug-likeness (QED) is 0.499. The fraction of sp³-hybridized carbons (Fsp3) is 0.118. The summed E-state index contributed by atoms with van der Waals surface area (Å²) in [7, 11) is 0. The Morgan fingerprint density at radius 2 is 2.04 bits per heavy atom. The van der Waals surface area contributed by atoms with Crippen molar-refractivity contribution < 1.29 is 23.6 Å². The van der Waals surface area contributed by atoms with Crippen molar-refractivity contribution in [3.63, 3.8) is 0 Å². The molecule has 132 valence electrons. The Balaban J connectivity index is 2.05. The highest BCUT2D eigenvalue weighted by atomic mass is 19.1. The highest BCUT2D eigenvalue weighted by Gasteiger charge is 2.21. The molecule has 0 saturated heterocycles. The predicted molar refractivity (Wildman–Crippen MR) is 87.7 cm³/mol. The fourth-order valence-corrected chi connectivity index (χ4v) is 1.97. The Bertz CT molecular complexity index is 923. The van der Waals surface area contributed by atoms with E-state index in [1.807, 2.05) is 6.07 Å². The standard InChI is InChI=1S/C17H12FN3O5/c1-10(26-17(23)12-4-2-3-11(7-12)9-19)16(22)20-13-5-6-14(18)15(8-13)21(24)25/h2-8,10H,1H3,(H,20,22). The monoisotopic (exact) mass is 357 g/mol. The van der Waals surface area contributed by atoms with Crippen LogP contribution in [-0.4, -0.2) is 22.9 Å². The minimum absolute atomic E-state index is 0.0162. The van der Waals surface area contributed by atoms with Crippen LogP contribution >= 0.6 is 0 Å². The summed E-state index contributed by atoms with van der Waals surface area (Å²) in [6, 6.07) is 10.5. The molecule has 2 aromatic rings.